The van der Waals surface area contributed by atoms with Gasteiger partial charge in [-0.05, 0) is 35.7 Å². The van der Waals surface area contributed by atoms with Crippen molar-refractivity contribution in [2.24, 2.45) is 0 Å². The number of nitrogen functional groups attached to an aromatic ring is 1. The summed E-state index contributed by atoms with van der Waals surface area (Å²) in [4.78, 5) is 12.0. The third kappa shape index (κ3) is 3.78. The second kappa shape index (κ2) is 7.33. The summed E-state index contributed by atoms with van der Waals surface area (Å²) in [6.07, 6.45) is 0. The van der Waals surface area contributed by atoms with Crippen LogP contribution in [0.4, 0.5) is 9.39 Å². The van der Waals surface area contributed by atoms with Crippen molar-refractivity contribution in [2.75, 3.05) is 16.9 Å². The Hall–Kier alpha value is -2.90. The molecule has 25 heavy (non-hydrogen) atoms. The van der Waals surface area contributed by atoms with Crippen LogP contribution in [0.15, 0.2) is 40.9 Å². The van der Waals surface area contributed by atoms with Crippen molar-refractivity contribution in [1.29, 1.82) is 5.26 Å². The predicted molar refractivity (Wildman–Crippen MR) is 94.0 cm³/mol. The number of benzene rings is 1. The second-order valence-corrected chi connectivity index (χ2v) is 6.65. The van der Waals surface area contributed by atoms with Crippen molar-refractivity contribution >= 4 is 34.0 Å². The topological polar surface area (TPSA) is 110 Å². The van der Waals surface area contributed by atoms with Gasteiger partial charge in [-0.2, -0.15) is 5.26 Å². The number of hydrogen-bond acceptors (Lipinski definition) is 7. The van der Waals surface area contributed by atoms with E-state index in [1.807, 2.05) is 6.07 Å². The Bertz CT molecular complexity index is 944. The smallest absolute Gasteiger partial charge is 0.235 e. The molecule has 3 N–H and O–H groups in total. The number of nitrogens with zero attached hydrogens (tertiary/aromatic N) is 4. The molecule has 3 aromatic rings. The van der Waals surface area contributed by atoms with E-state index in [1.54, 1.807) is 23.6 Å². The number of thioether (sulfide) groups is 1. The molecule has 126 valence electrons. The molecule has 0 saturated carbocycles. The molecular formula is C15H11FN6OS2. The van der Waals surface area contributed by atoms with Crippen LogP contribution in [0.2, 0.25) is 0 Å². The quantitative estimate of drug-likeness (QED) is 0.524. The summed E-state index contributed by atoms with van der Waals surface area (Å²) in [5, 5.41) is 22.1. The molecule has 0 radical (unpaired) electrons. The normalized spacial score (nSPS) is 10.4. The predicted octanol–water partition coefficient (Wildman–Crippen LogP) is 2.46. The van der Waals surface area contributed by atoms with Crippen LogP contribution in [0.5, 0.6) is 0 Å². The zero-order chi connectivity index (χ0) is 17.8. The molecular weight excluding hydrogens is 363 g/mol. The van der Waals surface area contributed by atoms with E-state index in [-0.39, 0.29) is 17.5 Å². The van der Waals surface area contributed by atoms with Gasteiger partial charge >= 0.3 is 0 Å². The average molecular weight is 374 g/mol. The monoisotopic (exact) mass is 374 g/mol. The van der Waals surface area contributed by atoms with E-state index in [0.29, 0.717) is 27.1 Å². The fourth-order valence-corrected chi connectivity index (χ4v) is 3.37. The number of carbonyl (C=O) groups excluding carboxylic acids is 1. The molecule has 0 aliphatic carbocycles. The van der Waals surface area contributed by atoms with E-state index < -0.39 is 0 Å². The molecule has 0 spiro atoms. The highest BCUT2D eigenvalue weighted by Gasteiger charge is 2.15. The number of halogens is 1. The Morgan fingerprint density at radius 3 is 2.84 bits per heavy atom. The van der Waals surface area contributed by atoms with Crippen molar-refractivity contribution in [3.05, 3.63) is 47.1 Å². The summed E-state index contributed by atoms with van der Waals surface area (Å²) in [5.74, 6) is 5.73. The zero-order valence-electron chi connectivity index (χ0n) is 12.6. The van der Waals surface area contributed by atoms with Crippen LogP contribution < -0.4 is 11.2 Å². The molecule has 0 atom stereocenters. The molecule has 1 aromatic carbocycles. The van der Waals surface area contributed by atoms with E-state index >= 15 is 0 Å². The summed E-state index contributed by atoms with van der Waals surface area (Å²) >= 11 is 2.39. The Morgan fingerprint density at radius 2 is 2.12 bits per heavy atom. The van der Waals surface area contributed by atoms with Crippen LogP contribution in [-0.2, 0) is 4.79 Å². The minimum absolute atomic E-state index is 0.0571. The maximum Gasteiger partial charge on any atom is 0.235 e. The lowest BCUT2D eigenvalue weighted by atomic mass is 10.2. The highest BCUT2D eigenvalue weighted by Crippen LogP contribution is 2.24. The minimum atomic E-state index is -0.358. The minimum Gasteiger partial charge on any atom is -0.335 e. The van der Waals surface area contributed by atoms with Crippen LogP contribution in [0.25, 0.3) is 11.4 Å². The second-order valence-electron chi connectivity index (χ2n) is 4.80. The third-order valence-corrected chi connectivity index (χ3v) is 4.91. The van der Waals surface area contributed by atoms with Gasteiger partial charge in [-0.15, -0.1) is 21.5 Å². The molecule has 0 fully saturated rings. The number of nitriles is 1. The molecule has 7 nitrogen and oxygen atoms in total. The largest absolute Gasteiger partial charge is 0.335 e. The molecule has 0 saturated heterocycles. The van der Waals surface area contributed by atoms with Crippen molar-refractivity contribution in [3.63, 3.8) is 0 Å². The van der Waals surface area contributed by atoms with Crippen LogP contribution in [0.3, 0.4) is 0 Å². The van der Waals surface area contributed by atoms with Crippen molar-refractivity contribution < 1.29 is 9.18 Å². The van der Waals surface area contributed by atoms with Gasteiger partial charge in [0.05, 0.1) is 11.3 Å². The Morgan fingerprint density at radius 1 is 1.36 bits per heavy atom. The van der Waals surface area contributed by atoms with E-state index in [2.05, 4.69) is 15.5 Å². The van der Waals surface area contributed by atoms with Crippen LogP contribution in [0, 0.1) is 17.1 Å². The van der Waals surface area contributed by atoms with Gasteiger partial charge < -0.3 is 11.2 Å². The van der Waals surface area contributed by atoms with Gasteiger partial charge in [-0.3, -0.25) is 4.79 Å². The fraction of sp³-hybridized carbons (Fsp3) is 0.0667. The van der Waals surface area contributed by atoms with Crippen molar-refractivity contribution in [2.45, 2.75) is 5.16 Å². The highest BCUT2D eigenvalue weighted by molar-refractivity contribution is 7.99. The summed E-state index contributed by atoms with van der Waals surface area (Å²) in [5.41, 5.74) is 1.04. The van der Waals surface area contributed by atoms with Gasteiger partial charge in [-0.25, -0.2) is 9.07 Å². The summed E-state index contributed by atoms with van der Waals surface area (Å²) in [6, 6.07) is 9.34. The Labute approximate surface area is 150 Å². The van der Waals surface area contributed by atoms with Gasteiger partial charge in [0.2, 0.25) is 11.1 Å². The van der Waals surface area contributed by atoms with Crippen molar-refractivity contribution in [3.8, 4) is 17.5 Å². The number of anilines is 1. The summed E-state index contributed by atoms with van der Waals surface area (Å²) in [7, 11) is 0. The van der Waals surface area contributed by atoms with E-state index in [4.69, 9.17) is 11.1 Å². The van der Waals surface area contributed by atoms with Crippen LogP contribution in [0.1, 0.15) is 5.56 Å². The number of nitrogens with two attached hydrogens (primary N) is 1. The maximum absolute atomic E-state index is 13.0. The fourth-order valence-electron chi connectivity index (χ4n) is 1.96. The number of nitrogens with one attached hydrogen (secondary N) is 1. The first-order valence-corrected chi connectivity index (χ1v) is 8.81. The van der Waals surface area contributed by atoms with E-state index in [1.165, 1.54) is 28.1 Å². The SMILES string of the molecule is N#Cc1ccsc1NC(=O)CSc1nnc(-c2ccc(F)cc2)n1N. The molecule has 1 amide bonds. The lowest BCUT2D eigenvalue weighted by molar-refractivity contribution is -0.113. The standard InChI is InChI=1S/C15H11FN6OS2/c16-11-3-1-9(2-4-11)13-20-21-15(22(13)18)25-8-12(23)19-14-10(7-17)5-6-24-14/h1-6H,8,18H2,(H,19,23). The van der Waals surface area contributed by atoms with Crippen LogP contribution >= 0.6 is 23.1 Å². The molecule has 0 bridgehead atoms. The zero-order valence-corrected chi connectivity index (χ0v) is 14.3. The maximum atomic E-state index is 13.0. The molecule has 10 heteroatoms. The Kier molecular flexibility index (Phi) is 4.97. The summed E-state index contributed by atoms with van der Waals surface area (Å²) in [6.45, 7) is 0. The van der Waals surface area contributed by atoms with E-state index in [0.717, 1.165) is 11.8 Å². The first-order chi connectivity index (χ1) is 12.1. The molecule has 0 unspecified atom stereocenters. The first kappa shape index (κ1) is 16.9. The number of rotatable bonds is 5. The van der Waals surface area contributed by atoms with Gasteiger partial charge in [0.1, 0.15) is 16.9 Å². The van der Waals surface area contributed by atoms with Gasteiger partial charge in [0.15, 0.2) is 5.82 Å². The molecule has 2 heterocycles. The number of carbonyl (C=O) groups is 1. The highest BCUT2D eigenvalue weighted by atomic mass is 32.2. The van der Waals surface area contributed by atoms with Crippen molar-refractivity contribution in [1.82, 2.24) is 14.9 Å². The molecule has 2 aromatic heterocycles. The Balaban J connectivity index is 1.65. The summed E-state index contributed by atoms with van der Waals surface area (Å²) < 4.78 is 14.2. The number of amides is 1. The number of hydrogen-bond donors (Lipinski definition) is 2. The van der Waals surface area contributed by atoms with Gasteiger partial charge in [0, 0.05) is 5.56 Å². The van der Waals surface area contributed by atoms with Gasteiger partial charge in [-0.1, -0.05) is 11.8 Å². The lowest BCUT2D eigenvalue weighted by Crippen LogP contribution is -2.16. The molecule has 0 aliphatic heterocycles. The average Bonchev–Trinajstić information content (AvgIpc) is 3.20. The van der Waals surface area contributed by atoms with Gasteiger partial charge in [0.25, 0.3) is 0 Å². The van der Waals surface area contributed by atoms with Crippen LogP contribution in [-0.4, -0.2) is 26.5 Å². The molecule has 0 aliphatic rings. The third-order valence-electron chi connectivity index (χ3n) is 3.14. The lowest BCUT2D eigenvalue weighted by Gasteiger charge is -2.04. The number of thiophene rings is 1. The van der Waals surface area contributed by atoms with E-state index in [9.17, 15) is 9.18 Å². The first-order valence-electron chi connectivity index (χ1n) is 6.95. The molecule has 3 rings (SSSR count). The number of aromatic nitrogens is 3.